The smallest absolute Gasteiger partial charge is 0.267 e. The summed E-state index contributed by atoms with van der Waals surface area (Å²) >= 11 is 0. The van der Waals surface area contributed by atoms with Gasteiger partial charge < -0.3 is 14.8 Å². The lowest BCUT2D eigenvalue weighted by molar-refractivity contribution is 0.0938. The quantitative estimate of drug-likeness (QED) is 0.761. The van der Waals surface area contributed by atoms with Crippen LogP contribution in [0.1, 0.15) is 16.2 Å². The van der Waals surface area contributed by atoms with Gasteiger partial charge in [0.05, 0.1) is 12.2 Å². The van der Waals surface area contributed by atoms with Gasteiger partial charge in [0.2, 0.25) is 5.95 Å². The average molecular weight is 351 g/mol. The second kappa shape index (κ2) is 6.99. The minimum atomic E-state index is -0.0649. The molecule has 3 aromatic rings. The Morgan fingerprint density at radius 1 is 1.19 bits per heavy atom. The SMILES string of the molecule is Cn1cccc1C(=O)NCC1CN(c2ncccn2)Cc2ccnn2C1. The fourth-order valence-electron chi connectivity index (χ4n) is 3.29. The summed E-state index contributed by atoms with van der Waals surface area (Å²) in [6.07, 6.45) is 7.17. The number of fused-ring (bicyclic) bond motifs is 1. The number of nitrogens with zero attached hydrogens (tertiary/aromatic N) is 6. The summed E-state index contributed by atoms with van der Waals surface area (Å²) in [6.45, 7) is 2.76. The summed E-state index contributed by atoms with van der Waals surface area (Å²) in [5.74, 6) is 0.829. The Hall–Kier alpha value is -3.16. The maximum Gasteiger partial charge on any atom is 0.267 e. The van der Waals surface area contributed by atoms with E-state index in [1.807, 2.05) is 53.0 Å². The maximum atomic E-state index is 12.4. The van der Waals surface area contributed by atoms with E-state index in [2.05, 4.69) is 25.3 Å². The molecule has 0 aliphatic carbocycles. The predicted molar refractivity (Wildman–Crippen MR) is 96.5 cm³/mol. The second-order valence-corrected chi connectivity index (χ2v) is 6.51. The zero-order valence-corrected chi connectivity index (χ0v) is 14.6. The molecular formula is C18H21N7O. The third-order valence-electron chi connectivity index (χ3n) is 4.63. The van der Waals surface area contributed by atoms with E-state index in [1.165, 1.54) is 0 Å². The topological polar surface area (TPSA) is 80.9 Å². The Balaban J connectivity index is 1.50. The van der Waals surface area contributed by atoms with E-state index in [0.717, 1.165) is 18.8 Å². The van der Waals surface area contributed by atoms with Gasteiger partial charge in [0.1, 0.15) is 5.69 Å². The van der Waals surface area contributed by atoms with Crippen molar-refractivity contribution in [2.24, 2.45) is 13.0 Å². The van der Waals surface area contributed by atoms with Gasteiger partial charge in [-0.05, 0) is 24.3 Å². The predicted octanol–water partition coefficient (Wildman–Crippen LogP) is 1.08. The van der Waals surface area contributed by atoms with Crippen LogP contribution in [0.5, 0.6) is 0 Å². The van der Waals surface area contributed by atoms with Gasteiger partial charge in [-0.15, -0.1) is 0 Å². The number of aryl methyl sites for hydroxylation is 1. The number of nitrogens with one attached hydrogen (secondary N) is 1. The fourth-order valence-corrected chi connectivity index (χ4v) is 3.29. The molecule has 0 radical (unpaired) electrons. The van der Waals surface area contributed by atoms with Crippen LogP contribution in [-0.2, 0) is 20.1 Å². The minimum absolute atomic E-state index is 0.0649. The first-order valence-corrected chi connectivity index (χ1v) is 8.63. The van der Waals surface area contributed by atoms with Crippen molar-refractivity contribution in [3.05, 3.63) is 60.4 Å². The molecule has 1 amide bonds. The number of hydrogen-bond acceptors (Lipinski definition) is 5. The molecule has 0 saturated heterocycles. The van der Waals surface area contributed by atoms with Crippen LogP contribution < -0.4 is 10.2 Å². The summed E-state index contributed by atoms with van der Waals surface area (Å²) in [5, 5.41) is 7.47. The normalized spacial score (nSPS) is 16.8. The van der Waals surface area contributed by atoms with Crippen molar-refractivity contribution in [3.63, 3.8) is 0 Å². The molecule has 4 rings (SSSR count). The third-order valence-corrected chi connectivity index (χ3v) is 4.63. The fraction of sp³-hybridized carbons (Fsp3) is 0.333. The zero-order chi connectivity index (χ0) is 17.9. The van der Waals surface area contributed by atoms with Gasteiger partial charge in [-0.1, -0.05) is 0 Å². The van der Waals surface area contributed by atoms with Crippen molar-refractivity contribution in [1.29, 1.82) is 0 Å². The number of anilines is 1. The van der Waals surface area contributed by atoms with Crippen molar-refractivity contribution in [2.45, 2.75) is 13.1 Å². The molecular weight excluding hydrogens is 330 g/mol. The van der Waals surface area contributed by atoms with Crippen LogP contribution in [0, 0.1) is 5.92 Å². The summed E-state index contributed by atoms with van der Waals surface area (Å²) in [4.78, 5) is 23.3. The Bertz CT molecular complexity index is 886. The van der Waals surface area contributed by atoms with Crippen LogP contribution in [0.25, 0.3) is 0 Å². The van der Waals surface area contributed by atoms with E-state index in [9.17, 15) is 4.79 Å². The molecule has 0 aromatic carbocycles. The van der Waals surface area contributed by atoms with Crippen LogP contribution in [0.3, 0.4) is 0 Å². The lowest BCUT2D eigenvalue weighted by Crippen LogP contribution is -2.37. The van der Waals surface area contributed by atoms with Gasteiger partial charge in [0, 0.05) is 57.4 Å². The third kappa shape index (κ3) is 3.30. The number of rotatable bonds is 4. The van der Waals surface area contributed by atoms with E-state index in [0.29, 0.717) is 24.7 Å². The number of hydrogen-bond donors (Lipinski definition) is 1. The Morgan fingerprint density at radius 2 is 2.04 bits per heavy atom. The molecule has 8 heteroatoms. The molecule has 1 unspecified atom stereocenters. The number of carbonyl (C=O) groups excluding carboxylic acids is 1. The lowest BCUT2D eigenvalue weighted by atomic mass is 10.1. The van der Waals surface area contributed by atoms with E-state index < -0.39 is 0 Å². The first-order chi connectivity index (χ1) is 12.7. The maximum absolute atomic E-state index is 12.4. The molecule has 0 fully saturated rings. The Labute approximate surface area is 151 Å². The molecule has 8 nitrogen and oxygen atoms in total. The average Bonchev–Trinajstić information content (AvgIpc) is 3.24. The molecule has 0 spiro atoms. The first-order valence-electron chi connectivity index (χ1n) is 8.63. The largest absolute Gasteiger partial charge is 0.350 e. The number of aromatic nitrogens is 5. The first kappa shape index (κ1) is 16.3. The van der Waals surface area contributed by atoms with Crippen LogP contribution >= 0.6 is 0 Å². The summed E-state index contributed by atoms with van der Waals surface area (Å²) in [7, 11) is 1.87. The Kier molecular flexibility index (Phi) is 4.39. The second-order valence-electron chi connectivity index (χ2n) is 6.51. The van der Waals surface area contributed by atoms with E-state index in [1.54, 1.807) is 12.4 Å². The van der Waals surface area contributed by atoms with Crippen molar-refractivity contribution < 1.29 is 4.79 Å². The highest BCUT2D eigenvalue weighted by Gasteiger charge is 2.24. The summed E-state index contributed by atoms with van der Waals surface area (Å²) in [6, 6.07) is 7.51. The lowest BCUT2D eigenvalue weighted by Gasteiger charge is -2.24. The van der Waals surface area contributed by atoms with Crippen LogP contribution in [-0.4, -0.2) is 43.3 Å². The van der Waals surface area contributed by atoms with E-state index >= 15 is 0 Å². The summed E-state index contributed by atoms with van der Waals surface area (Å²) < 4.78 is 3.82. The molecule has 134 valence electrons. The molecule has 1 aliphatic rings. The highest BCUT2D eigenvalue weighted by molar-refractivity contribution is 5.92. The Morgan fingerprint density at radius 3 is 2.81 bits per heavy atom. The van der Waals surface area contributed by atoms with Gasteiger partial charge in [0.15, 0.2) is 0 Å². The summed E-state index contributed by atoms with van der Waals surface area (Å²) in [5.41, 5.74) is 1.77. The molecule has 3 aromatic heterocycles. The molecule has 1 atom stereocenters. The highest BCUT2D eigenvalue weighted by atomic mass is 16.1. The van der Waals surface area contributed by atoms with Crippen molar-refractivity contribution in [2.75, 3.05) is 18.0 Å². The number of carbonyl (C=O) groups is 1. The zero-order valence-electron chi connectivity index (χ0n) is 14.6. The molecule has 1 aliphatic heterocycles. The minimum Gasteiger partial charge on any atom is -0.350 e. The van der Waals surface area contributed by atoms with Crippen LogP contribution in [0.15, 0.2) is 49.1 Å². The molecule has 4 heterocycles. The standard InChI is InChI=1S/C18H21N7O/c1-23-9-2-4-16(23)17(26)21-10-14-11-24(18-19-6-3-7-20-18)13-15-5-8-22-25(15)12-14/h2-9,14H,10-13H2,1H3,(H,21,26). The van der Waals surface area contributed by atoms with Gasteiger partial charge in [0.25, 0.3) is 5.91 Å². The van der Waals surface area contributed by atoms with Gasteiger partial charge in [-0.2, -0.15) is 5.10 Å². The molecule has 0 saturated carbocycles. The van der Waals surface area contributed by atoms with Gasteiger partial charge in [-0.3, -0.25) is 9.48 Å². The van der Waals surface area contributed by atoms with Crippen molar-refractivity contribution in [1.82, 2.24) is 29.6 Å². The van der Waals surface area contributed by atoms with E-state index in [4.69, 9.17) is 0 Å². The highest BCUT2D eigenvalue weighted by Crippen LogP contribution is 2.19. The number of amides is 1. The van der Waals surface area contributed by atoms with Gasteiger partial charge in [-0.25, -0.2) is 9.97 Å². The molecule has 26 heavy (non-hydrogen) atoms. The van der Waals surface area contributed by atoms with Crippen molar-refractivity contribution in [3.8, 4) is 0 Å². The molecule has 0 bridgehead atoms. The van der Waals surface area contributed by atoms with Crippen LogP contribution in [0.2, 0.25) is 0 Å². The van der Waals surface area contributed by atoms with Crippen molar-refractivity contribution >= 4 is 11.9 Å². The van der Waals surface area contributed by atoms with Crippen LogP contribution in [0.4, 0.5) is 5.95 Å². The van der Waals surface area contributed by atoms with Gasteiger partial charge >= 0.3 is 0 Å². The monoisotopic (exact) mass is 351 g/mol. The molecule has 1 N–H and O–H groups in total. The van der Waals surface area contributed by atoms with E-state index in [-0.39, 0.29) is 11.8 Å².